The molecule has 18 heavy (non-hydrogen) atoms. The summed E-state index contributed by atoms with van der Waals surface area (Å²) in [6, 6.07) is 6.68. The molecular weight excluding hydrogens is 280 g/mol. The third-order valence-corrected chi connectivity index (χ3v) is 3.04. The molecule has 1 rings (SSSR count). The molecular formula is C11H13ClO5S. The monoisotopic (exact) mass is 292 g/mol. The summed E-state index contributed by atoms with van der Waals surface area (Å²) in [4.78, 5) is 11.0. The van der Waals surface area contributed by atoms with Gasteiger partial charge in [-0.15, -0.1) is 0 Å². The second-order valence-electron chi connectivity index (χ2n) is 3.85. The summed E-state index contributed by atoms with van der Waals surface area (Å²) in [6.45, 7) is -0.378. The van der Waals surface area contributed by atoms with Gasteiger partial charge in [0.05, 0.1) is 18.8 Å². The van der Waals surface area contributed by atoms with E-state index < -0.39 is 22.0 Å². The van der Waals surface area contributed by atoms with Crippen molar-refractivity contribution in [3.05, 3.63) is 34.9 Å². The maximum absolute atomic E-state index is 11.0. The minimum atomic E-state index is -3.64. The van der Waals surface area contributed by atoms with Crippen LogP contribution in [0, 0.1) is 5.92 Å². The summed E-state index contributed by atoms with van der Waals surface area (Å²) in [5.41, 5.74) is 0.754. The first-order valence-corrected chi connectivity index (χ1v) is 7.29. The van der Waals surface area contributed by atoms with E-state index in [9.17, 15) is 13.2 Å². The van der Waals surface area contributed by atoms with E-state index in [1.54, 1.807) is 24.3 Å². The third-order valence-electron chi connectivity index (χ3n) is 2.23. The maximum Gasteiger partial charge on any atom is 0.309 e. The van der Waals surface area contributed by atoms with Crippen molar-refractivity contribution in [2.45, 2.75) is 6.42 Å². The Hall–Kier alpha value is -1.11. The molecule has 1 aromatic carbocycles. The van der Waals surface area contributed by atoms with Crippen molar-refractivity contribution < 1.29 is 22.5 Å². The van der Waals surface area contributed by atoms with E-state index in [0.29, 0.717) is 5.02 Å². The molecule has 0 saturated carbocycles. The third kappa shape index (κ3) is 5.48. The van der Waals surface area contributed by atoms with Gasteiger partial charge in [0.1, 0.15) is 0 Å². The van der Waals surface area contributed by atoms with Crippen LogP contribution in [0.2, 0.25) is 5.02 Å². The fourth-order valence-corrected chi connectivity index (χ4v) is 1.87. The quantitative estimate of drug-likeness (QED) is 0.805. The van der Waals surface area contributed by atoms with E-state index in [2.05, 4.69) is 4.18 Å². The summed E-state index contributed by atoms with van der Waals surface area (Å²) in [5.74, 6) is -2.02. The lowest BCUT2D eigenvalue weighted by atomic mass is 10.0. The van der Waals surface area contributed by atoms with Crippen LogP contribution in [0.5, 0.6) is 0 Å². The number of rotatable bonds is 6. The zero-order valence-corrected chi connectivity index (χ0v) is 11.2. The minimum Gasteiger partial charge on any atom is -0.481 e. The highest BCUT2D eigenvalue weighted by Gasteiger charge is 2.20. The van der Waals surface area contributed by atoms with Gasteiger partial charge in [0, 0.05) is 5.02 Å². The van der Waals surface area contributed by atoms with Gasteiger partial charge in [0.25, 0.3) is 10.1 Å². The van der Waals surface area contributed by atoms with Crippen LogP contribution in [-0.4, -0.2) is 32.4 Å². The molecule has 0 amide bonds. The van der Waals surface area contributed by atoms with Gasteiger partial charge in [-0.2, -0.15) is 8.42 Å². The van der Waals surface area contributed by atoms with E-state index >= 15 is 0 Å². The number of benzene rings is 1. The largest absolute Gasteiger partial charge is 0.481 e. The SMILES string of the molecule is CS(=O)(=O)OC[C@@H](Cc1ccc(Cl)cc1)C(=O)O. The molecule has 1 aromatic rings. The summed E-state index contributed by atoms with van der Waals surface area (Å²) < 4.78 is 26.2. The van der Waals surface area contributed by atoms with Crippen molar-refractivity contribution >= 4 is 27.7 Å². The summed E-state index contributed by atoms with van der Waals surface area (Å²) in [7, 11) is -3.64. The normalized spacial score (nSPS) is 13.2. The Morgan fingerprint density at radius 2 is 1.94 bits per heavy atom. The fraction of sp³-hybridized carbons (Fsp3) is 0.364. The lowest BCUT2D eigenvalue weighted by Crippen LogP contribution is -2.23. The number of carboxylic acid groups (broad SMARTS) is 1. The Kier molecular flexibility index (Phi) is 5.13. The first-order valence-electron chi connectivity index (χ1n) is 5.09. The number of carbonyl (C=O) groups is 1. The smallest absolute Gasteiger partial charge is 0.309 e. The molecule has 0 radical (unpaired) electrons. The molecule has 0 unspecified atom stereocenters. The molecule has 1 N–H and O–H groups in total. The highest BCUT2D eigenvalue weighted by atomic mass is 35.5. The number of hydrogen-bond acceptors (Lipinski definition) is 4. The van der Waals surface area contributed by atoms with Crippen molar-refractivity contribution in [3.8, 4) is 0 Å². The molecule has 100 valence electrons. The molecule has 0 spiro atoms. The van der Waals surface area contributed by atoms with Crippen LogP contribution in [-0.2, 0) is 25.5 Å². The van der Waals surface area contributed by atoms with Crippen LogP contribution in [0.4, 0.5) is 0 Å². The van der Waals surface area contributed by atoms with Gasteiger partial charge in [-0.05, 0) is 24.1 Å². The van der Waals surface area contributed by atoms with E-state index in [1.165, 1.54) is 0 Å². The first kappa shape index (κ1) is 14.9. The molecule has 1 atom stereocenters. The van der Waals surface area contributed by atoms with Gasteiger partial charge >= 0.3 is 5.97 Å². The highest BCUT2D eigenvalue weighted by Crippen LogP contribution is 2.14. The molecule has 0 aromatic heterocycles. The second-order valence-corrected chi connectivity index (χ2v) is 5.93. The van der Waals surface area contributed by atoms with E-state index in [4.69, 9.17) is 16.7 Å². The van der Waals surface area contributed by atoms with Crippen molar-refractivity contribution in [3.63, 3.8) is 0 Å². The highest BCUT2D eigenvalue weighted by molar-refractivity contribution is 7.85. The predicted octanol–water partition coefficient (Wildman–Crippen LogP) is 1.56. The minimum absolute atomic E-state index is 0.183. The second kappa shape index (κ2) is 6.17. The van der Waals surface area contributed by atoms with Crippen LogP contribution in [0.15, 0.2) is 24.3 Å². The molecule has 0 aliphatic carbocycles. The molecule has 0 aliphatic heterocycles. The standard InChI is InChI=1S/C11H13ClO5S/c1-18(15,16)17-7-9(11(13)14)6-8-2-4-10(12)5-3-8/h2-5,9H,6-7H2,1H3,(H,13,14)/t9-/m1/s1. The molecule has 5 nitrogen and oxygen atoms in total. The van der Waals surface area contributed by atoms with Gasteiger partial charge in [0.15, 0.2) is 0 Å². The Balaban J connectivity index is 2.69. The molecule has 0 saturated heterocycles. The zero-order valence-electron chi connectivity index (χ0n) is 9.67. The molecule has 0 aliphatic rings. The summed E-state index contributed by atoms with van der Waals surface area (Å²) >= 11 is 5.71. The van der Waals surface area contributed by atoms with Gasteiger partial charge in [-0.1, -0.05) is 23.7 Å². The van der Waals surface area contributed by atoms with Crippen LogP contribution in [0.1, 0.15) is 5.56 Å². The average Bonchev–Trinajstić information content (AvgIpc) is 2.25. The Labute approximate surface area is 110 Å². The van der Waals surface area contributed by atoms with E-state index in [-0.39, 0.29) is 13.0 Å². The Bertz CT molecular complexity index is 509. The molecule has 0 fully saturated rings. The van der Waals surface area contributed by atoms with Crippen molar-refractivity contribution in [1.82, 2.24) is 0 Å². The molecule has 7 heteroatoms. The maximum atomic E-state index is 11.0. The van der Waals surface area contributed by atoms with Crippen LogP contribution < -0.4 is 0 Å². The number of carboxylic acids is 1. The number of aliphatic carboxylic acids is 1. The predicted molar refractivity (Wildman–Crippen MR) is 67.1 cm³/mol. The first-order chi connectivity index (χ1) is 8.28. The number of halogens is 1. The summed E-state index contributed by atoms with van der Waals surface area (Å²) in [6.07, 6.45) is 1.07. The van der Waals surface area contributed by atoms with Crippen LogP contribution in [0.3, 0.4) is 0 Å². The van der Waals surface area contributed by atoms with Crippen LogP contribution in [0.25, 0.3) is 0 Å². The Morgan fingerprint density at radius 1 is 1.39 bits per heavy atom. The molecule has 0 bridgehead atoms. The topological polar surface area (TPSA) is 80.7 Å². The Morgan fingerprint density at radius 3 is 2.39 bits per heavy atom. The zero-order chi connectivity index (χ0) is 13.8. The lowest BCUT2D eigenvalue weighted by Gasteiger charge is -2.11. The van der Waals surface area contributed by atoms with Gasteiger partial charge in [0.2, 0.25) is 0 Å². The van der Waals surface area contributed by atoms with E-state index in [0.717, 1.165) is 11.8 Å². The summed E-state index contributed by atoms with van der Waals surface area (Å²) in [5, 5.41) is 9.54. The van der Waals surface area contributed by atoms with Crippen molar-refractivity contribution in [2.75, 3.05) is 12.9 Å². The fourth-order valence-electron chi connectivity index (χ4n) is 1.33. The van der Waals surface area contributed by atoms with Crippen molar-refractivity contribution in [2.24, 2.45) is 5.92 Å². The van der Waals surface area contributed by atoms with Gasteiger partial charge in [-0.3, -0.25) is 8.98 Å². The van der Waals surface area contributed by atoms with Gasteiger partial charge < -0.3 is 5.11 Å². The van der Waals surface area contributed by atoms with Gasteiger partial charge in [-0.25, -0.2) is 0 Å². The molecule has 0 heterocycles. The average molecular weight is 293 g/mol. The van der Waals surface area contributed by atoms with Crippen LogP contribution >= 0.6 is 11.6 Å². The van der Waals surface area contributed by atoms with Crippen molar-refractivity contribution in [1.29, 1.82) is 0 Å². The van der Waals surface area contributed by atoms with E-state index in [1.807, 2.05) is 0 Å². The lowest BCUT2D eigenvalue weighted by molar-refractivity contribution is -0.142. The number of hydrogen-bond donors (Lipinski definition) is 1.